The van der Waals surface area contributed by atoms with Crippen molar-refractivity contribution in [3.63, 3.8) is 0 Å². The van der Waals surface area contributed by atoms with Crippen LogP contribution in [0, 0.1) is 13.8 Å². The lowest BCUT2D eigenvalue weighted by Gasteiger charge is -2.06. The summed E-state index contributed by atoms with van der Waals surface area (Å²) in [6.45, 7) is 4.16. The average Bonchev–Trinajstić information content (AvgIpc) is 2.85. The molecule has 3 heterocycles. The lowest BCUT2D eigenvalue weighted by molar-refractivity contribution is 0.667. The highest BCUT2D eigenvalue weighted by Crippen LogP contribution is 2.36. The van der Waals surface area contributed by atoms with Gasteiger partial charge in [0.05, 0.1) is 11.9 Å². The van der Waals surface area contributed by atoms with Crippen molar-refractivity contribution in [3.8, 4) is 11.3 Å². The van der Waals surface area contributed by atoms with E-state index >= 15 is 0 Å². The smallest absolute Gasteiger partial charge is 0.153 e. The molecule has 0 bridgehead atoms. The molecule has 102 valence electrons. The zero-order valence-corrected chi connectivity index (χ0v) is 11.9. The largest absolute Gasteiger partial charge is 0.454 e. The van der Waals surface area contributed by atoms with E-state index in [4.69, 9.17) is 4.42 Å². The van der Waals surface area contributed by atoms with Gasteiger partial charge in [-0.05, 0) is 43.2 Å². The second-order valence-electron chi connectivity index (χ2n) is 5.33. The Balaban J connectivity index is 2.14. The quantitative estimate of drug-likeness (QED) is 0.506. The highest BCUT2D eigenvalue weighted by molar-refractivity contribution is 6.09. The van der Waals surface area contributed by atoms with Gasteiger partial charge in [0.2, 0.25) is 0 Å². The number of aryl methyl sites for hydroxylation is 2. The van der Waals surface area contributed by atoms with Crippen LogP contribution in [-0.4, -0.2) is 9.97 Å². The third kappa shape index (κ3) is 1.82. The van der Waals surface area contributed by atoms with Crippen molar-refractivity contribution in [1.29, 1.82) is 0 Å². The molecule has 21 heavy (non-hydrogen) atoms. The second-order valence-corrected chi connectivity index (χ2v) is 5.33. The van der Waals surface area contributed by atoms with Crippen LogP contribution in [0.3, 0.4) is 0 Å². The Morgan fingerprint density at radius 2 is 1.86 bits per heavy atom. The zero-order chi connectivity index (χ0) is 14.4. The minimum absolute atomic E-state index is 0.812. The highest BCUT2D eigenvalue weighted by atomic mass is 16.3. The Morgan fingerprint density at radius 1 is 0.952 bits per heavy atom. The van der Waals surface area contributed by atoms with Crippen LogP contribution >= 0.6 is 0 Å². The van der Waals surface area contributed by atoms with Gasteiger partial charge in [0, 0.05) is 28.7 Å². The number of furan rings is 1. The van der Waals surface area contributed by atoms with Crippen LogP contribution in [0.4, 0.5) is 0 Å². The molecule has 0 unspecified atom stereocenters. The summed E-state index contributed by atoms with van der Waals surface area (Å²) in [5.74, 6) is 0. The maximum Gasteiger partial charge on any atom is 0.153 e. The van der Waals surface area contributed by atoms with Gasteiger partial charge in [0.1, 0.15) is 5.58 Å². The number of pyridine rings is 2. The Morgan fingerprint density at radius 3 is 2.71 bits per heavy atom. The molecular formula is C18H14N2O. The van der Waals surface area contributed by atoms with Crippen molar-refractivity contribution in [2.45, 2.75) is 13.8 Å². The van der Waals surface area contributed by atoms with Crippen LogP contribution in [0.2, 0.25) is 0 Å². The molecule has 0 saturated heterocycles. The maximum absolute atomic E-state index is 6.06. The molecule has 3 nitrogen and oxygen atoms in total. The van der Waals surface area contributed by atoms with E-state index in [0.29, 0.717) is 0 Å². The summed E-state index contributed by atoms with van der Waals surface area (Å²) >= 11 is 0. The lowest BCUT2D eigenvalue weighted by atomic mass is 10.0. The van der Waals surface area contributed by atoms with Gasteiger partial charge in [-0.3, -0.25) is 9.97 Å². The molecule has 0 radical (unpaired) electrons. The molecule has 0 aliphatic heterocycles. The first kappa shape index (κ1) is 12.1. The minimum atomic E-state index is 0.812. The maximum atomic E-state index is 6.06. The standard InChI is InChI=1S/C18H14N2O/c1-11-5-8-20-15(9-11)17-12(2)3-4-14-13-6-7-19-10-16(13)21-18(14)17/h3-10H,1-2H3. The van der Waals surface area contributed by atoms with Crippen LogP contribution in [0.5, 0.6) is 0 Å². The van der Waals surface area contributed by atoms with E-state index < -0.39 is 0 Å². The minimum Gasteiger partial charge on any atom is -0.454 e. The molecule has 1 aromatic carbocycles. The Bertz CT molecular complexity index is 969. The molecule has 0 N–H and O–H groups in total. The SMILES string of the molecule is Cc1ccnc(-c2c(C)ccc3c2oc2cnccc23)c1. The highest BCUT2D eigenvalue weighted by Gasteiger charge is 2.15. The van der Waals surface area contributed by atoms with Crippen molar-refractivity contribution >= 4 is 21.9 Å². The van der Waals surface area contributed by atoms with Gasteiger partial charge in [-0.2, -0.15) is 0 Å². The molecule has 0 aliphatic carbocycles. The van der Waals surface area contributed by atoms with Gasteiger partial charge in [0.15, 0.2) is 5.58 Å². The van der Waals surface area contributed by atoms with Crippen LogP contribution in [0.15, 0.2) is 53.3 Å². The van der Waals surface area contributed by atoms with E-state index in [-0.39, 0.29) is 0 Å². The number of aromatic nitrogens is 2. The number of rotatable bonds is 1. The fourth-order valence-electron chi connectivity index (χ4n) is 2.78. The summed E-state index contributed by atoms with van der Waals surface area (Å²) in [5.41, 5.74) is 6.06. The van der Waals surface area contributed by atoms with E-state index in [0.717, 1.165) is 38.8 Å². The third-order valence-corrected chi connectivity index (χ3v) is 3.82. The van der Waals surface area contributed by atoms with Crippen LogP contribution in [0.1, 0.15) is 11.1 Å². The van der Waals surface area contributed by atoms with Crippen LogP contribution in [0.25, 0.3) is 33.2 Å². The van der Waals surface area contributed by atoms with Gasteiger partial charge in [-0.25, -0.2) is 0 Å². The van der Waals surface area contributed by atoms with Gasteiger partial charge in [-0.1, -0.05) is 12.1 Å². The van der Waals surface area contributed by atoms with Gasteiger partial charge >= 0.3 is 0 Å². The number of hydrogen-bond donors (Lipinski definition) is 0. The zero-order valence-electron chi connectivity index (χ0n) is 11.9. The topological polar surface area (TPSA) is 38.9 Å². The number of nitrogens with zero attached hydrogens (tertiary/aromatic N) is 2. The molecule has 0 fully saturated rings. The Hall–Kier alpha value is -2.68. The molecule has 0 spiro atoms. The summed E-state index contributed by atoms with van der Waals surface area (Å²) < 4.78 is 6.06. The third-order valence-electron chi connectivity index (χ3n) is 3.82. The first-order valence-electron chi connectivity index (χ1n) is 6.93. The van der Waals surface area contributed by atoms with Crippen molar-refractivity contribution in [2.75, 3.05) is 0 Å². The lowest BCUT2D eigenvalue weighted by Crippen LogP contribution is -1.88. The van der Waals surface area contributed by atoms with E-state index in [1.807, 2.05) is 18.3 Å². The monoisotopic (exact) mass is 274 g/mol. The van der Waals surface area contributed by atoms with E-state index in [2.05, 4.69) is 42.0 Å². The molecule has 0 amide bonds. The van der Waals surface area contributed by atoms with Crippen molar-refractivity contribution in [3.05, 3.63) is 60.0 Å². The number of fused-ring (bicyclic) bond motifs is 3. The molecule has 0 atom stereocenters. The Labute approximate surface area is 122 Å². The Kier molecular flexibility index (Phi) is 2.54. The summed E-state index contributed by atoms with van der Waals surface area (Å²) in [7, 11) is 0. The fraction of sp³-hybridized carbons (Fsp3) is 0.111. The van der Waals surface area contributed by atoms with E-state index in [9.17, 15) is 0 Å². The van der Waals surface area contributed by atoms with Crippen molar-refractivity contribution in [2.24, 2.45) is 0 Å². The van der Waals surface area contributed by atoms with Crippen molar-refractivity contribution in [1.82, 2.24) is 9.97 Å². The predicted octanol–water partition coefficient (Wildman–Crippen LogP) is 4.66. The summed E-state index contributed by atoms with van der Waals surface area (Å²) in [6, 6.07) is 10.3. The first-order valence-corrected chi connectivity index (χ1v) is 6.93. The predicted molar refractivity (Wildman–Crippen MR) is 84.2 cm³/mol. The summed E-state index contributed by atoms with van der Waals surface area (Å²) in [5, 5.41) is 2.20. The van der Waals surface area contributed by atoms with Gasteiger partial charge in [-0.15, -0.1) is 0 Å². The first-order chi connectivity index (χ1) is 10.2. The number of hydrogen-bond acceptors (Lipinski definition) is 3. The molecular weight excluding hydrogens is 260 g/mol. The molecule has 0 aliphatic rings. The number of benzene rings is 1. The normalized spacial score (nSPS) is 11.3. The van der Waals surface area contributed by atoms with Crippen molar-refractivity contribution < 1.29 is 4.42 Å². The summed E-state index contributed by atoms with van der Waals surface area (Å²) in [6.07, 6.45) is 5.40. The van der Waals surface area contributed by atoms with Crippen LogP contribution < -0.4 is 0 Å². The van der Waals surface area contributed by atoms with Crippen LogP contribution in [-0.2, 0) is 0 Å². The molecule has 4 rings (SSSR count). The van der Waals surface area contributed by atoms with E-state index in [1.165, 1.54) is 5.56 Å². The second kappa shape index (κ2) is 4.42. The average molecular weight is 274 g/mol. The van der Waals surface area contributed by atoms with Gasteiger partial charge < -0.3 is 4.42 Å². The molecule has 3 aromatic heterocycles. The molecule has 4 aromatic rings. The fourth-order valence-corrected chi connectivity index (χ4v) is 2.78. The summed E-state index contributed by atoms with van der Waals surface area (Å²) in [4.78, 5) is 8.65. The molecule has 0 saturated carbocycles. The molecule has 3 heteroatoms. The van der Waals surface area contributed by atoms with Gasteiger partial charge in [0.25, 0.3) is 0 Å². The van der Waals surface area contributed by atoms with E-state index in [1.54, 1.807) is 12.4 Å².